The van der Waals surface area contributed by atoms with E-state index in [-0.39, 0.29) is 0 Å². The predicted octanol–water partition coefficient (Wildman–Crippen LogP) is 1.91. The number of rotatable bonds is 2. The number of hydrogen-bond donors (Lipinski definition) is 0. The molecular formula is C5H7IO. The lowest BCUT2D eigenvalue weighted by atomic mass is 10.3. The Bertz CT molecular complexity index is 86.1. The van der Waals surface area contributed by atoms with Crippen LogP contribution in [0.4, 0.5) is 0 Å². The smallest absolute Gasteiger partial charge is 0.124 e. The minimum atomic E-state index is 0.572. The highest BCUT2D eigenvalue weighted by Crippen LogP contribution is 1.99. The summed E-state index contributed by atoms with van der Waals surface area (Å²) in [5.41, 5.74) is 1.12. The first-order valence-corrected chi connectivity index (χ1v) is 3.25. The lowest BCUT2D eigenvalue weighted by Gasteiger charge is -1.83. The number of carbonyl (C=O) groups is 1. The van der Waals surface area contributed by atoms with E-state index in [1.54, 1.807) is 0 Å². The number of carbonyl (C=O) groups excluding carboxylic acids is 1. The van der Waals surface area contributed by atoms with Gasteiger partial charge in [-0.25, -0.2) is 0 Å². The molecule has 0 N–H and O–H groups in total. The summed E-state index contributed by atoms with van der Waals surface area (Å²) in [7, 11) is 0. The van der Waals surface area contributed by atoms with Crippen molar-refractivity contribution < 1.29 is 4.79 Å². The summed E-state index contributed by atoms with van der Waals surface area (Å²) in [5.74, 6) is 0. The molecule has 0 aromatic heterocycles. The quantitative estimate of drug-likeness (QED) is 0.502. The average molecular weight is 210 g/mol. The summed E-state index contributed by atoms with van der Waals surface area (Å²) in [4.78, 5) is 9.73. The van der Waals surface area contributed by atoms with Crippen LogP contribution in [0.2, 0.25) is 0 Å². The Labute approximate surface area is 56.9 Å². The van der Waals surface area contributed by atoms with Gasteiger partial charge in [0.25, 0.3) is 0 Å². The average Bonchev–Trinajstić information content (AvgIpc) is 1.68. The largest absolute Gasteiger partial charge is 0.303 e. The Morgan fingerprint density at radius 3 is 2.57 bits per heavy atom. The summed E-state index contributed by atoms with van der Waals surface area (Å²) in [5, 5.41) is 0. The third-order valence-electron chi connectivity index (χ3n) is 0.592. The molecule has 2 heteroatoms. The topological polar surface area (TPSA) is 17.1 Å². The molecule has 40 valence electrons. The fourth-order valence-electron chi connectivity index (χ4n) is 0.176. The van der Waals surface area contributed by atoms with Crippen molar-refractivity contribution in [2.45, 2.75) is 13.3 Å². The number of halogens is 1. The molecule has 0 spiro atoms. The maximum absolute atomic E-state index is 9.73. The fourth-order valence-corrected chi connectivity index (χ4v) is 0.430. The van der Waals surface area contributed by atoms with Gasteiger partial charge >= 0.3 is 0 Å². The van der Waals surface area contributed by atoms with E-state index >= 15 is 0 Å². The molecule has 0 saturated carbocycles. The molecule has 0 heterocycles. The molecule has 0 atom stereocenters. The van der Waals surface area contributed by atoms with Gasteiger partial charge in [-0.15, -0.1) is 0 Å². The third-order valence-corrected chi connectivity index (χ3v) is 1.65. The second-order valence-corrected chi connectivity index (χ2v) is 1.95. The van der Waals surface area contributed by atoms with E-state index in [9.17, 15) is 4.79 Å². The van der Waals surface area contributed by atoms with E-state index in [0.717, 1.165) is 11.9 Å². The van der Waals surface area contributed by atoms with Gasteiger partial charge in [-0.1, -0.05) is 28.2 Å². The second-order valence-electron chi connectivity index (χ2n) is 1.33. The van der Waals surface area contributed by atoms with Gasteiger partial charge in [0.05, 0.1) is 0 Å². The Hall–Kier alpha value is 0.140. The SMILES string of the molecule is C/C(=C\I)CC=O. The van der Waals surface area contributed by atoms with E-state index in [4.69, 9.17) is 0 Å². The molecule has 0 saturated heterocycles. The molecule has 0 radical (unpaired) electrons. The van der Waals surface area contributed by atoms with E-state index < -0.39 is 0 Å². The molecule has 0 aliphatic carbocycles. The van der Waals surface area contributed by atoms with Crippen molar-refractivity contribution in [3.8, 4) is 0 Å². The van der Waals surface area contributed by atoms with Gasteiger partial charge in [0.1, 0.15) is 6.29 Å². The summed E-state index contributed by atoms with van der Waals surface area (Å²) >= 11 is 2.12. The van der Waals surface area contributed by atoms with E-state index in [0.29, 0.717) is 6.42 Å². The summed E-state index contributed by atoms with van der Waals surface area (Å²) in [6.45, 7) is 1.93. The van der Waals surface area contributed by atoms with Crippen LogP contribution in [0.15, 0.2) is 9.66 Å². The van der Waals surface area contributed by atoms with Crippen LogP contribution < -0.4 is 0 Å². The Morgan fingerprint density at radius 2 is 2.43 bits per heavy atom. The molecule has 0 aromatic rings. The maximum Gasteiger partial charge on any atom is 0.124 e. The summed E-state index contributed by atoms with van der Waals surface area (Å²) in [6.07, 6.45) is 1.48. The molecule has 0 amide bonds. The van der Waals surface area contributed by atoms with Gasteiger partial charge in [-0.2, -0.15) is 0 Å². The Kier molecular flexibility index (Phi) is 4.39. The van der Waals surface area contributed by atoms with E-state index in [1.807, 2.05) is 11.0 Å². The van der Waals surface area contributed by atoms with Crippen LogP contribution in [-0.2, 0) is 4.79 Å². The Morgan fingerprint density at radius 1 is 1.86 bits per heavy atom. The zero-order valence-electron chi connectivity index (χ0n) is 4.15. The first-order chi connectivity index (χ1) is 3.31. The van der Waals surface area contributed by atoms with Crippen molar-refractivity contribution in [3.05, 3.63) is 9.66 Å². The van der Waals surface area contributed by atoms with Crippen molar-refractivity contribution in [2.24, 2.45) is 0 Å². The molecule has 7 heavy (non-hydrogen) atoms. The third kappa shape index (κ3) is 3.98. The molecule has 0 aliphatic rings. The van der Waals surface area contributed by atoms with Crippen LogP contribution in [0.5, 0.6) is 0 Å². The van der Waals surface area contributed by atoms with Crippen LogP contribution in [0.1, 0.15) is 13.3 Å². The highest BCUT2D eigenvalue weighted by atomic mass is 127. The van der Waals surface area contributed by atoms with Crippen LogP contribution >= 0.6 is 22.6 Å². The van der Waals surface area contributed by atoms with E-state index in [2.05, 4.69) is 22.6 Å². The van der Waals surface area contributed by atoms with Crippen molar-refractivity contribution in [1.29, 1.82) is 0 Å². The summed E-state index contributed by atoms with van der Waals surface area (Å²) in [6, 6.07) is 0. The highest BCUT2D eigenvalue weighted by molar-refractivity contribution is 14.1. The first kappa shape index (κ1) is 7.14. The molecule has 0 unspecified atom stereocenters. The van der Waals surface area contributed by atoms with Crippen LogP contribution in [0.25, 0.3) is 0 Å². The molecule has 0 rings (SSSR count). The van der Waals surface area contributed by atoms with Crippen molar-refractivity contribution in [2.75, 3.05) is 0 Å². The molecule has 0 bridgehead atoms. The predicted molar refractivity (Wildman–Crippen MR) is 38.5 cm³/mol. The minimum Gasteiger partial charge on any atom is -0.303 e. The monoisotopic (exact) mass is 210 g/mol. The molecular weight excluding hydrogens is 203 g/mol. The van der Waals surface area contributed by atoms with Gasteiger partial charge in [-0.3, -0.25) is 0 Å². The van der Waals surface area contributed by atoms with Crippen molar-refractivity contribution in [1.82, 2.24) is 0 Å². The van der Waals surface area contributed by atoms with Gasteiger partial charge in [0.2, 0.25) is 0 Å². The minimum absolute atomic E-state index is 0.572. The normalized spacial score (nSPS) is 11.4. The highest BCUT2D eigenvalue weighted by Gasteiger charge is 1.80. The van der Waals surface area contributed by atoms with Crippen molar-refractivity contribution in [3.63, 3.8) is 0 Å². The fraction of sp³-hybridized carbons (Fsp3) is 0.400. The molecule has 0 aromatic carbocycles. The summed E-state index contributed by atoms with van der Waals surface area (Å²) < 4.78 is 1.91. The standard InChI is InChI=1S/C5H7IO/c1-5(4-6)2-3-7/h3-4H,2H2,1H3/b5-4+. The van der Waals surface area contributed by atoms with Gasteiger partial charge < -0.3 is 4.79 Å². The number of aldehydes is 1. The van der Waals surface area contributed by atoms with Crippen LogP contribution in [0, 0.1) is 0 Å². The molecule has 0 aliphatic heterocycles. The van der Waals surface area contributed by atoms with Gasteiger partial charge in [-0.05, 0) is 11.0 Å². The zero-order valence-corrected chi connectivity index (χ0v) is 6.31. The first-order valence-electron chi connectivity index (χ1n) is 2.00. The zero-order chi connectivity index (χ0) is 5.70. The van der Waals surface area contributed by atoms with Crippen molar-refractivity contribution >= 4 is 28.9 Å². The number of hydrogen-bond acceptors (Lipinski definition) is 1. The maximum atomic E-state index is 9.73. The number of allylic oxidation sites excluding steroid dienone is 1. The van der Waals surface area contributed by atoms with E-state index in [1.165, 1.54) is 0 Å². The second kappa shape index (κ2) is 4.30. The lowest BCUT2D eigenvalue weighted by Crippen LogP contribution is -1.73. The van der Waals surface area contributed by atoms with Gasteiger partial charge in [0, 0.05) is 6.42 Å². The lowest BCUT2D eigenvalue weighted by molar-refractivity contribution is -0.107. The Balaban J connectivity index is 3.36. The van der Waals surface area contributed by atoms with Gasteiger partial charge in [0.15, 0.2) is 0 Å². The molecule has 0 fully saturated rings. The van der Waals surface area contributed by atoms with Crippen LogP contribution in [-0.4, -0.2) is 6.29 Å². The molecule has 1 nitrogen and oxygen atoms in total. The van der Waals surface area contributed by atoms with Crippen LogP contribution in [0.3, 0.4) is 0 Å².